The van der Waals surface area contributed by atoms with Crippen molar-refractivity contribution in [3.8, 4) is 11.5 Å². The van der Waals surface area contributed by atoms with E-state index in [1.807, 2.05) is 24.3 Å². The number of hydrogen-bond acceptors (Lipinski definition) is 5. The second-order valence-corrected chi connectivity index (χ2v) is 16.2. The number of ether oxygens (including phenoxy) is 2. The molecule has 3 aliphatic rings. The molecule has 0 unspecified atom stereocenters. The Bertz CT molecular complexity index is 1760. The van der Waals surface area contributed by atoms with Crippen LogP contribution < -0.4 is 9.47 Å². The van der Waals surface area contributed by atoms with Gasteiger partial charge in [0.05, 0.1) is 21.6 Å². The van der Waals surface area contributed by atoms with E-state index in [1.165, 1.54) is 5.56 Å². The van der Waals surface area contributed by atoms with Crippen LogP contribution in [-0.4, -0.2) is 30.1 Å². The van der Waals surface area contributed by atoms with Crippen LogP contribution in [0.1, 0.15) is 76.0 Å². The highest BCUT2D eigenvalue weighted by Gasteiger charge is 2.49. The van der Waals surface area contributed by atoms with E-state index in [0.29, 0.717) is 45.4 Å². The molecule has 0 spiro atoms. The number of carbonyl (C=O) groups is 2. The number of halogens is 3. The summed E-state index contributed by atoms with van der Waals surface area (Å²) in [5.74, 6) is 0.750. The molecule has 0 bridgehead atoms. The zero-order valence-electron chi connectivity index (χ0n) is 27.5. The predicted octanol–water partition coefficient (Wildman–Crippen LogP) is 10.3. The molecular formula is C39H40BrCl2NO4. The summed E-state index contributed by atoms with van der Waals surface area (Å²) in [7, 11) is 1.60. The standard InChI is InChI=1S/C39H40BrCl2NO4/c1-38(2)18-29-35(31(44)20-38)34(25-16-26(40)37(33(17-25)46-5)47-22-24-11-12-27(41)28(42)15-24)36-30(19-39(3,4)21-32(36)45)43(29)14-13-23-9-7-6-8-10-23/h6-12,15-17,34H,13-14,18-22H2,1-5H3. The summed E-state index contributed by atoms with van der Waals surface area (Å²) >= 11 is 16.1. The Balaban J connectivity index is 1.46. The number of Topliss-reactive ketones (excluding diaryl/α,β-unsaturated/α-hetero) is 2. The Labute approximate surface area is 296 Å². The van der Waals surface area contributed by atoms with Crippen molar-refractivity contribution in [2.45, 2.75) is 72.3 Å². The van der Waals surface area contributed by atoms with Crippen LogP contribution in [0.5, 0.6) is 11.5 Å². The highest BCUT2D eigenvalue weighted by molar-refractivity contribution is 9.10. The number of benzene rings is 3. The first-order valence-corrected chi connectivity index (χ1v) is 17.6. The third kappa shape index (κ3) is 6.93. The van der Waals surface area contributed by atoms with E-state index < -0.39 is 5.92 Å². The fraction of sp³-hybridized carbons (Fsp3) is 0.385. The van der Waals surface area contributed by atoms with E-state index in [9.17, 15) is 9.59 Å². The van der Waals surface area contributed by atoms with Crippen LogP contribution in [0, 0.1) is 10.8 Å². The Morgan fingerprint density at radius 1 is 0.809 bits per heavy atom. The van der Waals surface area contributed by atoms with Crippen molar-refractivity contribution in [2.24, 2.45) is 10.8 Å². The molecule has 1 heterocycles. The quantitative estimate of drug-likeness (QED) is 0.230. The summed E-state index contributed by atoms with van der Waals surface area (Å²) in [4.78, 5) is 30.9. The lowest BCUT2D eigenvalue weighted by Crippen LogP contribution is -2.45. The fourth-order valence-electron chi connectivity index (χ4n) is 7.37. The SMILES string of the molecule is COc1cc(C2C3=C(CC(C)(C)CC3=O)N(CCc3ccccc3)C3=C2C(=O)CC(C)(C)C3)cc(Br)c1OCc1ccc(Cl)c(Cl)c1. The molecule has 3 aromatic carbocycles. The normalized spacial score (nSPS) is 19.1. The molecular weight excluding hydrogens is 697 g/mol. The van der Waals surface area contributed by atoms with Crippen LogP contribution in [0.2, 0.25) is 10.0 Å². The number of carbonyl (C=O) groups excluding carboxylic acids is 2. The van der Waals surface area contributed by atoms with Crippen LogP contribution >= 0.6 is 39.1 Å². The van der Waals surface area contributed by atoms with Gasteiger partial charge in [-0.05, 0) is 87.0 Å². The van der Waals surface area contributed by atoms with Gasteiger partial charge in [0.15, 0.2) is 23.1 Å². The van der Waals surface area contributed by atoms with Crippen LogP contribution in [0.15, 0.2) is 87.7 Å². The summed E-state index contributed by atoms with van der Waals surface area (Å²) in [6, 6.07) is 19.7. The van der Waals surface area contributed by atoms with Crippen molar-refractivity contribution in [3.05, 3.63) is 114 Å². The highest BCUT2D eigenvalue weighted by Crippen LogP contribution is 2.55. The molecule has 47 heavy (non-hydrogen) atoms. The van der Waals surface area contributed by atoms with Gasteiger partial charge in [0.25, 0.3) is 0 Å². The first kappa shape index (κ1) is 33.8. The molecule has 3 aromatic rings. The van der Waals surface area contributed by atoms with E-state index in [2.05, 4.69) is 72.8 Å². The zero-order chi connectivity index (χ0) is 33.7. The van der Waals surface area contributed by atoms with Crippen LogP contribution in [0.25, 0.3) is 0 Å². The van der Waals surface area contributed by atoms with Crippen molar-refractivity contribution >= 4 is 50.7 Å². The number of ketones is 2. The van der Waals surface area contributed by atoms with Gasteiger partial charge in [-0.15, -0.1) is 0 Å². The minimum absolute atomic E-state index is 0.102. The lowest BCUT2D eigenvalue weighted by atomic mass is 9.63. The molecule has 8 heteroatoms. The van der Waals surface area contributed by atoms with Gasteiger partial charge in [-0.3, -0.25) is 9.59 Å². The van der Waals surface area contributed by atoms with Crippen LogP contribution in [0.3, 0.4) is 0 Å². The molecule has 0 amide bonds. The predicted molar refractivity (Wildman–Crippen MR) is 191 cm³/mol. The number of rotatable bonds is 8. The van der Waals surface area contributed by atoms with E-state index in [-0.39, 0.29) is 29.0 Å². The Kier molecular flexibility index (Phi) is 9.43. The summed E-state index contributed by atoms with van der Waals surface area (Å²) in [6.07, 6.45) is 3.19. The fourth-order valence-corrected chi connectivity index (χ4v) is 8.26. The average molecular weight is 738 g/mol. The first-order chi connectivity index (χ1) is 22.3. The van der Waals surface area contributed by atoms with Gasteiger partial charge in [0, 0.05) is 47.8 Å². The van der Waals surface area contributed by atoms with Gasteiger partial charge in [-0.25, -0.2) is 0 Å². The minimum atomic E-state index is -0.491. The molecule has 0 radical (unpaired) electrons. The van der Waals surface area contributed by atoms with Gasteiger partial charge in [-0.2, -0.15) is 0 Å². The maximum Gasteiger partial charge on any atom is 0.175 e. The molecule has 0 aromatic heterocycles. The highest BCUT2D eigenvalue weighted by atomic mass is 79.9. The average Bonchev–Trinajstić information content (AvgIpc) is 2.99. The molecule has 246 valence electrons. The van der Waals surface area contributed by atoms with Crippen LogP contribution in [-0.2, 0) is 22.6 Å². The van der Waals surface area contributed by atoms with Crippen molar-refractivity contribution in [3.63, 3.8) is 0 Å². The van der Waals surface area contributed by atoms with Gasteiger partial charge >= 0.3 is 0 Å². The summed E-state index contributed by atoms with van der Waals surface area (Å²) in [5, 5.41) is 0.936. The van der Waals surface area contributed by atoms with Gasteiger partial charge in [0.1, 0.15) is 6.61 Å². The third-order valence-corrected chi connectivity index (χ3v) is 10.8. The largest absolute Gasteiger partial charge is 0.493 e. The molecule has 0 N–H and O–H groups in total. The lowest BCUT2D eigenvalue weighted by molar-refractivity contribution is -0.119. The second kappa shape index (κ2) is 13.1. The summed E-state index contributed by atoms with van der Waals surface area (Å²) in [6.45, 7) is 9.61. The second-order valence-electron chi connectivity index (χ2n) is 14.5. The maximum atomic E-state index is 14.3. The molecule has 2 aliphatic carbocycles. The number of hydrogen-bond donors (Lipinski definition) is 0. The van der Waals surface area contributed by atoms with Crippen molar-refractivity contribution in [1.29, 1.82) is 0 Å². The summed E-state index contributed by atoms with van der Waals surface area (Å²) in [5.41, 5.74) is 6.10. The molecule has 0 fully saturated rings. The Morgan fingerprint density at radius 3 is 2.00 bits per heavy atom. The molecule has 6 rings (SSSR count). The maximum absolute atomic E-state index is 14.3. The van der Waals surface area contributed by atoms with Crippen LogP contribution in [0.4, 0.5) is 0 Å². The molecule has 1 aliphatic heterocycles. The van der Waals surface area contributed by atoms with Crippen molar-refractivity contribution in [2.75, 3.05) is 13.7 Å². The van der Waals surface area contributed by atoms with Gasteiger partial charge < -0.3 is 14.4 Å². The molecule has 0 saturated carbocycles. The zero-order valence-corrected chi connectivity index (χ0v) is 30.6. The molecule has 5 nitrogen and oxygen atoms in total. The monoisotopic (exact) mass is 735 g/mol. The Hall–Kier alpha value is -3.06. The molecule has 0 saturated heterocycles. The van der Waals surface area contributed by atoms with Gasteiger partial charge in [0.2, 0.25) is 0 Å². The van der Waals surface area contributed by atoms with E-state index >= 15 is 0 Å². The smallest absolute Gasteiger partial charge is 0.175 e. The number of nitrogens with zero attached hydrogens (tertiary/aromatic N) is 1. The van der Waals surface area contributed by atoms with E-state index in [4.69, 9.17) is 32.7 Å². The Morgan fingerprint density at radius 2 is 1.43 bits per heavy atom. The van der Waals surface area contributed by atoms with E-state index in [1.54, 1.807) is 19.2 Å². The third-order valence-electron chi connectivity index (χ3n) is 9.44. The van der Waals surface area contributed by atoms with Crippen molar-refractivity contribution in [1.82, 2.24) is 4.90 Å². The number of allylic oxidation sites excluding steroid dienone is 4. The first-order valence-electron chi connectivity index (χ1n) is 16.0. The van der Waals surface area contributed by atoms with E-state index in [0.717, 1.165) is 52.9 Å². The number of methoxy groups -OCH3 is 1. The minimum Gasteiger partial charge on any atom is -0.493 e. The van der Waals surface area contributed by atoms with Crippen molar-refractivity contribution < 1.29 is 19.1 Å². The van der Waals surface area contributed by atoms with Gasteiger partial charge in [-0.1, -0.05) is 87.3 Å². The summed E-state index contributed by atoms with van der Waals surface area (Å²) < 4.78 is 12.8. The topological polar surface area (TPSA) is 55.8 Å². The molecule has 0 atom stereocenters. The lowest BCUT2D eigenvalue weighted by Gasteiger charge is -2.49.